The largest absolute Gasteiger partial charge is 0.497 e. The van der Waals surface area contributed by atoms with Crippen LogP contribution in [0.25, 0.3) is 11.3 Å². The van der Waals surface area contributed by atoms with Crippen LogP contribution in [0.15, 0.2) is 41.1 Å². The zero-order chi connectivity index (χ0) is 20.4. The molecule has 0 radical (unpaired) electrons. The second-order valence-corrected chi connectivity index (χ2v) is 7.35. The highest BCUT2D eigenvalue weighted by Crippen LogP contribution is 2.34. The van der Waals surface area contributed by atoms with Crippen LogP contribution in [0, 0.1) is 13.8 Å². The summed E-state index contributed by atoms with van der Waals surface area (Å²) in [5.74, 6) is 2.38. The molecule has 1 aliphatic rings. The van der Waals surface area contributed by atoms with E-state index in [1.54, 1.807) is 13.2 Å². The number of benzene rings is 1. The van der Waals surface area contributed by atoms with E-state index < -0.39 is 0 Å². The van der Waals surface area contributed by atoms with Crippen molar-refractivity contribution in [3.63, 3.8) is 0 Å². The molecule has 7 heteroatoms. The van der Waals surface area contributed by atoms with E-state index in [0.717, 1.165) is 35.6 Å². The van der Waals surface area contributed by atoms with Gasteiger partial charge >= 0.3 is 0 Å². The van der Waals surface area contributed by atoms with Gasteiger partial charge in [0.2, 0.25) is 0 Å². The van der Waals surface area contributed by atoms with E-state index in [4.69, 9.17) is 14.2 Å². The Kier molecular flexibility index (Phi) is 5.29. The Bertz CT molecular complexity index is 1020. The second kappa shape index (κ2) is 8.03. The molecule has 7 nitrogen and oxygen atoms in total. The van der Waals surface area contributed by atoms with Crippen LogP contribution in [0.4, 0.5) is 0 Å². The summed E-state index contributed by atoms with van der Waals surface area (Å²) >= 11 is 0. The Morgan fingerprint density at radius 1 is 1.21 bits per heavy atom. The lowest BCUT2D eigenvalue weighted by Crippen LogP contribution is -2.38. The molecule has 3 heterocycles. The monoisotopic (exact) mass is 392 g/mol. The van der Waals surface area contributed by atoms with Gasteiger partial charge in [-0.1, -0.05) is 11.2 Å². The van der Waals surface area contributed by atoms with Gasteiger partial charge in [0.1, 0.15) is 11.6 Å². The molecule has 0 aliphatic carbocycles. The van der Waals surface area contributed by atoms with Crippen LogP contribution in [-0.4, -0.2) is 46.1 Å². The maximum absolute atomic E-state index is 12.9. The third-order valence-electron chi connectivity index (χ3n) is 5.32. The van der Waals surface area contributed by atoms with E-state index in [-0.39, 0.29) is 11.8 Å². The van der Waals surface area contributed by atoms with Crippen molar-refractivity contribution in [2.75, 3.05) is 20.2 Å². The fourth-order valence-corrected chi connectivity index (χ4v) is 3.77. The van der Waals surface area contributed by atoms with Gasteiger partial charge < -0.3 is 14.2 Å². The van der Waals surface area contributed by atoms with Gasteiger partial charge in [0, 0.05) is 36.8 Å². The third kappa shape index (κ3) is 3.99. The summed E-state index contributed by atoms with van der Waals surface area (Å²) in [6.45, 7) is 5.14. The van der Waals surface area contributed by atoms with Gasteiger partial charge in [0.25, 0.3) is 5.91 Å². The first-order valence-corrected chi connectivity index (χ1v) is 9.75. The lowest BCUT2D eigenvalue weighted by atomic mass is 9.90. The summed E-state index contributed by atoms with van der Waals surface area (Å²) in [4.78, 5) is 23.8. The van der Waals surface area contributed by atoms with Crippen molar-refractivity contribution < 1.29 is 14.1 Å². The predicted molar refractivity (Wildman–Crippen MR) is 108 cm³/mol. The van der Waals surface area contributed by atoms with Crippen molar-refractivity contribution in [3.8, 4) is 17.1 Å². The summed E-state index contributed by atoms with van der Waals surface area (Å²) in [5.41, 5.74) is 3.33. The lowest BCUT2D eigenvalue weighted by Gasteiger charge is -2.32. The fraction of sp³-hybridized carbons (Fsp3) is 0.364. The number of carbonyl (C=O) groups excluding carboxylic acids is 1. The number of hydrogen-bond acceptors (Lipinski definition) is 6. The predicted octanol–water partition coefficient (Wildman–Crippen LogP) is 3.78. The van der Waals surface area contributed by atoms with Gasteiger partial charge in [0.15, 0.2) is 5.76 Å². The van der Waals surface area contributed by atoms with Gasteiger partial charge in [-0.3, -0.25) is 4.79 Å². The van der Waals surface area contributed by atoms with Crippen LogP contribution in [0.1, 0.15) is 46.3 Å². The Morgan fingerprint density at radius 2 is 2.00 bits per heavy atom. The molecule has 0 unspecified atom stereocenters. The Morgan fingerprint density at radius 3 is 2.69 bits per heavy atom. The van der Waals surface area contributed by atoms with Crippen molar-refractivity contribution in [1.82, 2.24) is 20.0 Å². The standard InChI is InChI=1S/C22H24N4O3/c1-14-11-20(29-25-14)19-13-23-15(2)24-21(19)16-7-9-26(10-8-16)22(27)17-5-4-6-18(12-17)28-3/h4-6,11-13,16H,7-10H2,1-3H3. The van der Waals surface area contributed by atoms with E-state index in [1.807, 2.05) is 49.2 Å². The molecule has 1 aliphatic heterocycles. The molecule has 0 saturated carbocycles. The van der Waals surface area contributed by atoms with E-state index in [1.165, 1.54) is 0 Å². The van der Waals surface area contributed by atoms with Crippen molar-refractivity contribution >= 4 is 5.91 Å². The normalized spacial score (nSPS) is 14.8. The molecule has 150 valence electrons. The Hall–Kier alpha value is -3.22. The SMILES string of the molecule is COc1cccc(C(=O)N2CCC(c3nc(C)ncc3-c3cc(C)no3)CC2)c1. The molecule has 2 aromatic heterocycles. The summed E-state index contributed by atoms with van der Waals surface area (Å²) in [6.07, 6.45) is 3.49. The number of likely N-dealkylation sites (tertiary alicyclic amines) is 1. The number of piperidine rings is 1. The molecular formula is C22H24N4O3. The molecule has 0 bridgehead atoms. The lowest BCUT2D eigenvalue weighted by molar-refractivity contribution is 0.0711. The van der Waals surface area contributed by atoms with Gasteiger partial charge in [-0.2, -0.15) is 0 Å². The third-order valence-corrected chi connectivity index (χ3v) is 5.32. The quantitative estimate of drug-likeness (QED) is 0.672. The van der Waals surface area contributed by atoms with E-state index in [2.05, 4.69) is 10.1 Å². The number of methoxy groups -OCH3 is 1. The maximum atomic E-state index is 12.9. The highest BCUT2D eigenvalue weighted by atomic mass is 16.5. The smallest absolute Gasteiger partial charge is 0.253 e. The molecule has 3 aromatic rings. The molecular weight excluding hydrogens is 368 g/mol. The summed E-state index contributed by atoms with van der Waals surface area (Å²) in [5, 5.41) is 3.99. The molecule has 1 fully saturated rings. The first kappa shape index (κ1) is 19.1. The molecule has 1 amide bonds. The first-order chi connectivity index (χ1) is 14.0. The van der Waals surface area contributed by atoms with Crippen molar-refractivity contribution in [2.45, 2.75) is 32.6 Å². The van der Waals surface area contributed by atoms with Gasteiger partial charge in [0.05, 0.1) is 24.1 Å². The number of carbonyl (C=O) groups is 1. The highest BCUT2D eigenvalue weighted by molar-refractivity contribution is 5.94. The number of amides is 1. The number of aryl methyl sites for hydroxylation is 2. The highest BCUT2D eigenvalue weighted by Gasteiger charge is 2.28. The maximum Gasteiger partial charge on any atom is 0.253 e. The Labute approximate surface area is 169 Å². The van der Waals surface area contributed by atoms with Gasteiger partial charge in [-0.15, -0.1) is 0 Å². The topological polar surface area (TPSA) is 81.4 Å². The van der Waals surface area contributed by atoms with Crippen LogP contribution in [-0.2, 0) is 0 Å². The summed E-state index contributed by atoms with van der Waals surface area (Å²) < 4.78 is 10.7. The average Bonchev–Trinajstić information content (AvgIpc) is 3.19. The second-order valence-electron chi connectivity index (χ2n) is 7.35. The molecule has 0 spiro atoms. The van der Waals surface area contributed by atoms with Crippen molar-refractivity contribution in [2.24, 2.45) is 0 Å². The van der Waals surface area contributed by atoms with Crippen LogP contribution in [0.3, 0.4) is 0 Å². The van der Waals surface area contributed by atoms with Crippen LogP contribution in [0.2, 0.25) is 0 Å². The van der Waals surface area contributed by atoms with Crippen LogP contribution < -0.4 is 4.74 Å². The summed E-state index contributed by atoms with van der Waals surface area (Å²) in [6, 6.07) is 9.20. The van der Waals surface area contributed by atoms with Crippen molar-refractivity contribution in [3.05, 3.63) is 59.3 Å². The van der Waals surface area contributed by atoms with Crippen molar-refractivity contribution in [1.29, 1.82) is 0 Å². The van der Waals surface area contributed by atoms with E-state index in [0.29, 0.717) is 30.2 Å². The van der Waals surface area contributed by atoms with Gasteiger partial charge in [-0.25, -0.2) is 9.97 Å². The van der Waals surface area contributed by atoms with Crippen LogP contribution in [0.5, 0.6) is 5.75 Å². The molecule has 4 rings (SSSR count). The molecule has 0 atom stereocenters. The van der Waals surface area contributed by atoms with Crippen LogP contribution >= 0.6 is 0 Å². The molecule has 29 heavy (non-hydrogen) atoms. The van der Waals surface area contributed by atoms with Gasteiger partial charge in [-0.05, 0) is 44.9 Å². The zero-order valence-corrected chi connectivity index (χ0v) is 16.9. The molecule has 1 aromatic carbocycles. The number of aromatic nitrogens is 3. The Balaban J connectivity index is 1.51. The number of nitrogens with zero attached hydrogens (tertiary/aromatic N) is 4. The number of rotatable bonds is 4. The minimum atomic E-state index is 0.0345. The number of ether oxygens (including phenoxy) is 1. The van der Waals surface area contributed by atoms with E-state index in [9.17, 15) is 4.79 Å². The zero-order valence-electron chi connectivity index (χ0n) is 16.9. The molecule has 0 N–H and O–H groups in total. The number of hydrogen-bond donors (Lipinski definition) is 0. The minimum absolute atomic E-state index is 0.0345. The first-order valence-electron chi connectivity index (χ1n) is 9.75. The van der Waals surface area contributed by atoms with E-state index >= 15 is 0 Å². The average molecular weight is 392 g/mol. The molecule has 1 saturated heterocycles. The minimum Gasteiger partial charge on any atom is -0.497 e. The summed E-state index contributed by atoms with van der Waals surface area (Å²) in [7, 11) is 1.60. The fourth-order valence-electron chi connectivity index (χ4n) is 3.77.